The van der Waals surface area contributed by atoms with Crippen molar-refractivity contribution in [3.8, 4) is 0 Å². The number of allylic oxidation sites excluding steroid dienone is 8. The first-order valence-corrected chi connectivity index (χ1v) is 25.9. The Hall–Kier alpha value is -2.19. The Morgan fingerprint density at radius 1 is 0.508 bits per heavy atom. The van der Waals surface area contributed by atoms with Crippen molar-refractivity contribution in [2.24, 2.45) is 0 Å². The third-order valence-electron chi connectivity index (χ3n) is 11.2. The second-order valence-electron chi connectivity index (χ2n) is 16.9. The van der Waals surface area contributed by atoms with Gasteiger partial charge in [-0.3, -0.25) is 18.6 Å². The van der Waals surface area contributed by atoms with Gasteiger partial charge in [-0.15, -0.1) is 0 Å². The Labute approximate surface area is 380 Å². The SMILES string of the molecule is CC/C=C/C/C=C/C/C=C/C/C=C/CCCCC(=O)OC[C@H](COP(=O)(O)OC1C(O)C(O)C(O)[C@@H](O)C1O)OC(=O)CCCCCCCCCCCCCCCCCCCCC. The maximum absolute atomic E-state index is 12.8. The Kier molecular flexibility index (Phi) is 36.4. The topological polar surface area (TPSA) is 210 Å². The van der Waals surface area contributed by atoms with E-state index in [4.69, 9.17) is 18.5 Å². The molecule has 0 spiro atoms. The summed E-state index contributed by atoms with van der Waals surface area (Å²) >= 11 is 0. The molecule has 0 amide bonds. The Bertz CT molecular complexity index is 1290. The molecule has 1 fully saturated rings. The highest BCUT2D eigenvalue weighted by atomic mass is 31.2. The Morgan fingerprint density at radius 2 is 0.905 bits per heavy atom. The zero-order valence-corrected chi connectivity index (χ0v) is 39.8. The molecule has 0 aromatic heterocycles. The van der Waals surface area contributed by atoms with Crippen LogP contribution in [0.1, 0.15) is 194 Å². The van der Waals surface area contributed by atoms with Crippen LogP contribution >= 0.6 is 7.82 Å². The fraction of sp³-hybridized carbons (Fsp3) is 0.796. The fourth-order valence-corrected chi connectivity index (χ4v) is 8.25. The number of hydrogen-bond donors (Lipinski definition) is 6. The van der Waals surface area contributed by atoms with E-state index in [1.165, 1.54) is 89.9 Å². The number of unbranched alkanes of at least 4 members (excludes halogenated alkanes) is 20. The average Bonchev–Trinajstić information content (AvgIpc) is 3.26. The number of carbonyl (C=O) groups is 2. The molecule has 1 rings (SSSR count). The van der Waals surface area contributed by atoms with Gasteiger partial charge in [0, 0.05) is 12.8 Å². The van der Waals surface area contributed by atoms with Gasteiger partial charge in [-0.2, -0.15) is 0 Å². The van der Waals surface area contributed by atoms with Crippen LogP contribution in [-0.4, -0.2) is 98.3 Å². The van der Waals surface area contributed by atoms with E-state index in [0.717, 1.165) is 64.2 Å². The molecule has 63 heavy (non-hydrogen) atoms. The predicted octanol–water partition coefficient (Wildman–Crippen LogP) is 9.95. The van der Waals surface area contributed by atoms with Crippen molar-refractivity contribution < 1.29 is 63.1 Å². The van der Waals surface area contributed by atoms with Gasteiger partial charge in [0.25, 0.3) is 0 Å². The second kappa shape index (κ2) is 39.0. The molecule has 0 bridgehead atoms. The first-order valence-electron chi connectivity index (χ1n) is 24.4. The van der Waals surface area contributed by atoms with E-state index in [9.17, 15) is 44.6 Å². The molecule has 0 aromatic carbocycles. The maximum Gasteiger partial charge on any atom is 0.472 e. The first-order chi connectivity index (χ1) is 30.4. The van der Waals surface area contributed by atoms with E-state index in [2.05, 4.69) is 62.5 Å². The third kappa shape index (κ3) is 31.4. The molecule has 0 saturated heterocycles. The van der Waals surface area contributed by atoms with Crippen LogP contribution in [0.3, 0.4) is 0 Å². The monoisotopic (exact) mass is 915 g/mol. The molecular weight excluding hydrogens is 827 g/mol. The highest BCUT2D eigenvalue weighted by molar-refractivity contribution is 7.47. The van der Waals surface area contributed by atoms with E-state index in [0.29, 0.717) is 12.8 Å². The number of esters is 2. The molecular formula is C49H87O13P. The van der Waals surface area contributed by atoms with Gasteiger partial charge in [0.15, 0.2) is 6.10 Å². The number of rotatable bonds is 40. The number of phosphoric acid groups is 1. The number of ether oxygens (including phenoxy) is 2. The van der Waals surface area contributed by atoms with Crippen LogP contribution in [0.25, 0.3) is 0 Å². The predicted molar refractivity (Wildman–Crippen MR) is 249 cm³/mol. The summed E-state index contributed by atoms with van der Waals surface area (Å²) in [5.41, 5.74) is 0. The Balaban J connectivity index is 2.44. The van der Waals surface area contributed by atoms with Gasteiger partial charge in [0.2, 0.25) is 0 Å². The van der Waals surface area contributed by atoms with Crippen molar-refractivity contribution in [1.29, 1.82) is 0 Å². The van der Waals surface area contributed by atoms with Gasteiger partial charge in [0.05, 0.1) is 6.61 Å². The lowest BCUT2D eigenvalue weighted by Gasteiger charge is -2.41. The fourth-order valence-electron chi connectivity index (χ4n) is 7.28. The van der Waals surface area contributed by atoms with Crippen molar-refractivity contribution in [1.82, 2.24) is 0 Å². The quantitative estimate of drug-likeness (QED) is 0.0147. The van der Waals surface area contributed by atoms with Crippen molar-refractivity contribution in [3.05, 3.63) is 48.6 Å². The molecule has 0 aliphatic heterocycles. The summed E-state index contributed by atoms with van der Waals surface area (Å²) in [5.74, 6) is -1.14. The van der Waals surface area contributed by atoms with Gasteiger partial charge < -0.3 is 39.9 Å². The van der Waals surface area contributed by atoms with Crippen LogP contribution < -0.4 is 0 Å². The number of aliphatic hydroxyl groups is 5. The van der Waals surface area contributed by atoms with Crippen LogP contribution in [0.4, 0.5) is 0 Å². The summed E-state index contributed by atoms with van der Waals surface area (Å²) in [6.45, 7) is 3.17. The van der Waals surface area contributed by atoms with Crippen molar-refractivity contribution in [2.75, 3.05) is 13.2 Å². The summed E-state index contributed by atoms with van der Waals surface area (Å²) in [6, 6.07) is 0. The van der Waals surface area contributed by atoms with Gasteiger partial charge >= 0.3 is 19.8 Å². The molecule has 366 valence electrons. The third-order valence-corrected chi connectivity index (χ3v) is 12.2. The smallest absolute Gasteiger partial charge is 0.462 e. The minimum absolute atomic E-state index is 0.0897. The minimum atomic E-state index is -5.13. The molecule has 0 aromatic rings. The number of aliphatic hydroxyl groups excluding tert-OH is 5. The normalized spacial score (nSPS) is 22.1. The molecule has 0 heterocycles. The van der Waals surface area contributed by atoms with E-state index in [1.54, 1.807) is 0 Å². The zero-order chi connectivity index (χ0) is 46.4. The minimum Gasteiger partial charge on any atom is -0.462 e. The molecule has 6 unspecified atom stereocenters. The van der Waals surface area contributed by atoms with Crippen molar-refractivity contribution >= 4 is 19.8 Å². The molecule has 1 aliphatic carbocycles. The van der Waals surface area contributed by atoms with E-state index in [-0.39, 0.29) is 12.8 Å². The van der Waals surface area contributed by atoms with Gasteiger partial charge in [0.1, 0.15) is 43.2 Å². The lowest BCUT2D eigenvalue weighted by Crippen LogP contribution is -2.64. The standard InChI is InChI=1S/C49H87O13P/c1-3-5-7-9-11-13-15-17-19-20-21-22-24-26-28-30-32-34-36-38-43(51)61-41(40-60-63(57,58)62-49-47(55)45(53)44(52)46(54)48(49)56)39-59-42(50)37-35-33-31-29-27-25-23-18-16-14-12-10-8-6-4-2/h6,8,12,14,18,23,27,29,41,44-49,52-56H,3-5,7,9-11,13,15-17,19-22,24-26,28,30-40H2,1-2H3,(H,57,58)/b8-6+,14-12+,23-18+,29-27+/t41-,44?,45-,46?,47?,48?,49?/m1/s1. The van der Waals surface area contributed by atoms with Crippen LogP contribution in [0.2, 0.25) is 0 Å². The molecule has 1 aliphatic rings. The Morgan fingerprint density at radius 3 is 1.38 bits per heavy atom. The second-order valence-corrected chi connectivity index (χ2v) is 18.3. The largest absolute Gasteiger partial charge is 0.472 e. The summed E-state index contributed by atoms with van der Waals surface area (Å²) in [6.07, 6.45) is 33.1. The number of carbonyl (C=O) groups excluding carboxylic acids is 2. The van der Waals surface area contributed by atoms with E-state index in [1.807, 2.05) is 0 Å². The van der Waals surface area contributed by atoms with Gasteiger partial charge in [-0.1, -0.05) is 178 Å². The summed E-state index contributed by atoms with van der Waals surface area (Å²) in [5, 5.41) is 50.2. The van der Waals surface area contributed by atoms with Gasteiger partial charge in [-0.25, -0.2) is 4.57 Å². The molecule has 1 saturated carbocycles. The average molecular weight is 915 g/mol. The maximum atomic E-state index is 12.8. The van der Waals surface area contributed by atoms with E-state index < -0.39 is 75.7 Å². The summed E-state index contributed by atoms with van der Waals surface area (Å²) < 4.78 is 33.5. The highest BCUT2D eigenvalue weighted by Crippen LogP contribution is 2.47. The highest BCUT2D eigenvalue weighted by Gasteiger charge is 2.51. The lowest BCUT2D eigenvalue weighted by atomic mass is 9.85. The van der Waals surface area contributed by atoms with Crippen LogP contribution in [0.15, 0.2) is 48.6 Å². The van der Waals surface area contributed by atoms with Crippen LogP contribution in [-0.2, 0) is 32.7 Å². The van der Waals surface area contributed by atoms with E-state index >= 15 is 0 Å². The van der Waals surface area contributed by atoms with Crippen LogP contribution in [0.5, 0.6) is 0 Å². The first kappa shape index (κ1) is 58.8. The summed E-state index contributed by atoms with van der Waals surface area (Å²) in [4.78, 5) is 35.7. The molecule has 14 heteroatoms. The van der Waals surface area contributed by atoms with Crippen LogP contribution in [0, 0.1) is 0 Å². The van der Waals surface area contributed by atoms with Gasteiger partial charge in [-0.05, 0) is 51.4 Å². The molecule has 13 nitrogen and oxygen atoms in total. The molecule has 8 atom stereocenters. The zero-order valence-electron chi connectivity index (χ0n) is 38.9. The van der Waals surface area contributed by atoms with Crippen molar-refractivity contribution in [3.63, 3.8) is 0 Å². The lowest BCUT2D eigenvalue weighted by molar-refractivity contribution is -0.220. The molecule has 6 N–H and O–H groups in total. The molecule has 0 radical (unpaired) electrons. The van der Waals surface area contributed by atoms with Crippen molar-refractivity contribution in [2.45, 2.75) is 236 Å². The number of hydrogen-bond acceptors (Lipinski definition) is 12. The summed E-state index contributed by atoms with van der Waals surface area (Å²) in [7, 11) is -5.13. The number of phosphoric ester groups is 1.